The van der Waals surface area contributed by atoms with Crippen LogP contribution in [0.25, 0.3) is 0 Å². The van der Waals surface area contributed by atoms with E-state index in [1.165, 1.54) is 33.4 Å². The van der Waals surface area contributed by atoms with E-state index in [4.69, 9.17) is 5.73 Å². The SMILES string of the molecule is CCCCCN.CN(C)[SH](=O)=O. The van der Waals surface area contributed by atoms with Crippen molar-refractivity contribution in [1.82, 2.24) is 4.31 Å². The maximum atomic E-state index is 9.66. The Morgan fingerprint density at radius 1 is 1.25 bits per heavy atom. The minimum absolute atomic E-state index is 0.855. The second kappa shape index (κ2) is 10.9. The lowest BCUT2D eigenvalue weighted by atomic mass is 10.3. The van der Waals surface area contributed by atoms with Crippen LogP contribution in [0.5, 0.6) is 0 Å². The Balaban J connectivity index is 0. The van der Waals surface area contributed by atoms with Gasteiger partial charge < -0.3 is 5.73 Å². The highest BCUT2D eigenvalue weighted by atomic mass is 32.2. The topological polar surface area (TPSA) is 63.4 Å². The Kier molecular flexibility index (Phi) is 13.0. The Bertz CT molecular complexity index is 134. The van der Waals surface area contributed by atoms with Gasteiger partial charge in [0.25, 0.3) is 0 Å². The van der Waals surface area contributed by atoms with E-state index in [9.17, 15) is 8.42 Å². The standard InChI is InChI=1S/C5H13N.C2H7NO2S/c1-2-3-4-5-6;1-3(2)6(4)5/h2-6H2,1H3;6H,1-2H3. The molecule has 0 rings (SSSR count). The molecule has 0 saturated heterocycles. The highest BCUT2D eigenvalue weighted by molar-refractivity contribution is 7.69. The molecule has 76 valence electrons. The van der Waals surface area contributed by atoms with Crippen LogP contribution in [0.4, 0.5) is 0 Å². The summed E-state index contributed by atoms with van der Waals surface area (Å²) in [5.41, 5.74) is 5.21. The van der Waals surface area contributed by atoms with Crippen molar-refractivity contribution in [2.75, 3.05) is 20.6 Å². The molecule has 0 aliphatic carbocycles. The Morgan fingerprint density at radius 2 is 1.67 bits per heavy atom. The van der Waals surface area contributed by atoms with E-state index < -0.39 is 10.9 Å². The predicted molar refractivity (Wildman–Crippen MR) is 52.6 cm³/mol. The molecule has 0 atom stereocenters. The van der Waals surface area contributed by atoms with Crippen LogP contribution >= 0.6 is 0 Å². The normalized spacial score (nSPS) is 9.83. The second-order valence-corrected chi connectivity index (χ2v) is 3.86. The molecular weight excluding hydrogens is 176 g/mol. The molecule has 12 heavy (non-hydrogen) atoms. The van der Waals surface area contributed by atoms with Crippen LogP contribution in [0, 0.1) is 0 Å². The molecule has 2 N–H and O–H groups in total. The molecule has 0 spiro atoms. The van der Waals surface area contributed by atoms with Gasteiger partial charge in [-0.15, -0.1) is 0 Å². The third-order valence-electron chi connectivity index (χ3n) is 1.13. The summed E-state index contributed by atoms with van der Waals surface area (Å²) in [5.74, 6) is 0. The van der Waals surface area contributed by atoms with Crippen molar-refractivity contribution >= 4 is 10.9 Å². The third-order valence-corrected chi connectivity index (χ3v) is 1.79. The van der Waals surface area contributed by atoms with Gasteiger partial charge in [0, 0.05) is 14.1 Å². The average Bonchev–Trinajstić information content (AvgIpc) is 2.02. The quantitative estimate of drug-likeness (QED) is 0.499. The van der Waals surface area contributed by atoms with E-state index in [1.807, 2.05) is 0 Å². The number of unbranched alkanes of at least 4 members (excludes halogenated alkanes) is 2. The lowest BCUT2D eigenvalue weighted by Crippen LogP contribution is -2.06. The molecule has 5 heteroatoms. The fourth-order valence-electron chi connectivity index (χ4n) is 0.394. The highest BCUT2D eigenvalue weighted by Crippen LogP contribution is 1.88. The Hall–Kier alpha value is -0.130. The summed E-state index contributed by atoms with van der Waals surface area (Å²) >= 11 is 0. The lowest BCUT2D eigenvalue weighted by Gasteiger charge is -1.91. The van der Waals surface area contributed by atoms with Gasteiger partial charge in [0.05, 0.1) is 0 Å². The summed E-state index contributed by atoms with van der Waals surface area (Å²) in [6, 6.07) is 0. The van der Waals surface area contributed by atoms with Gasteiger partial charge in [-0.25, -0.2) is 12.7 Å². The minimum atomic E-state index is -2.33. The zero-order valence-corrected chi connectivity index (χ0v) is 9.01. The largest absolute Gasteiger partial charge is 0.330 e. The maximum absolute atomic E-state index is 9.66. The summed E-state index contributed by atoms with van der Waals surface area (Å²) in [6.45, 7) is 3.03. The molecule has 0 aromatic carbocycles. The molecular formula is C7H20N2O2S. The summed E-state index contributed by atoms with van der Waals surface area (Å²) < 4.78 is 20.4. The van der Waals surface area contributed by atoms with Gasteiger partial charge in [-0.05, 0) is 13.0 Å². The van der Waals surface area contributed by atoms with Crippen LogP contribution in [0.1, 0.15) is 26.2 Å². The monoisotopic (exact) mass is 196 g/mol. The minimum Gasteiger partial charge on any atom is -0.330 e. The van der Waals surface area contributed by atoms with Crippen LogP contribution in [0.15, 0.2) is 0 Å². The Morgan fingerprint density at radius 3 is 1.75 bits per heavy atom. The molecule has 0 aromatic rings. The van der Waals surface area contributed by atoms with Crippen molar-refractivity contribution in [3.63, 3.8) is 0 Å². The van der Waals surface area contributed by atoms with Crippen LogP contribution < -0.4 is 5.73 Å². The highest BCUT2D eigenvalue weighted by Gasteiger charge is 1.81. The van der Waals surface area contributed by atoms with Crippen LogP contribution in [-0.2, 0) is 10.9 Å². The lowest BCUT2D eigenvalue weighted by molar-refractivity contribution is 0.544. The summed E-state index contributed by atoms with van der Waals surface area (Å²) in [6.07, 6.45) is 3.75. The van der Waals surface area contributed by atoms with Gasteiger partial charge in [-0.2, -0.15) is 0 Å². The van der Waals surface area contributed by atoms with E-state index in [2.05, 4.69) is 6.92 Å². The van der Waals surface area contributed by atoms with E-state index in [0.29, 0.717) is 0 Å². The van der Waals surface area contributed by atoms with Crippen molar-refractivity contribution in [2.45, 2.75) is 26.2 Å². The molecule has 0 aliphatic rings. The van der Waals surface area contributed by atoms with Crippen molar-refractivity contribution in [2.24, 2.45) is 5.73 Å². The first-order chi connectivity index (χ1) is 5.56. The molecule has 0 heterocycles. The van der Waals surface area contributed by atoms with Crippen molar-refractivity contribution in [3.8, 4) is 0 Å². The average molecular weight is 196 g/mol. The van der Waals surface area contributed by atoms with Gasteiger partial charge in [-0.1, -0.05) is 19.8 Å². The van der Waals surface area contributed by atoms with Gasteiger partial charge >= 0.3 is 0 Å². The molecule has 0 fully saturated rings. The molecule has 0 radical (unpaired) electrons. The van der Waals surface area contributed by atoms with E-state index in [-0.39, 0.29) is 0 Å². The van der Waals surface area contributed by atoms with Gasteiger partial charge in [0.1, 0.15) is 0 Å². The third kappa shape index (κ3) is 16.5. The van der Waals surface area contributed by atoms with Crippen molar-refractivity contribution in [3.05, 3.63) is 0 Å². The first-order valence-corrected chi connectivity index (χ1v) is 5.21. The first kappa shape index (κ1) is 14.4. The molecule has 4 nitrogen and oxygen atoms in total. The zero-order valence-electron chi connectivity index (χ0n) is 8.12. The number of rotatable bonds is 4. The van der Waals surface area contributed by atoms with Gasteiger partial charge in [0.2, 0.25) is 10.9 Å². The van der Waals surface area contributed by atoms with Crippen LogP contribution in [-0.4, -0.2) is 33.4 Å². The van der Waals surface area contributed by atoms with E-state index in [0.717, 1.165) is 10.8 Å². The molecule has 0 unspecified atom stereocenters. The number of thiol groups is 1. The Labute approximate surface area is 76.8 Å². The molecule has 0 bridgehead atoms. The summed E-state index contributed by atoms with van der Waals surface area (Å²) in [5, 5.41) is 0. The molecule has 0 saturated carbocycles. The van der Waals surface area contributed by atoms with Crippen LogP contribution in [0.2, 0.25) is 0 Å². The second-order valence-electron chi connectivity index (χ2n) is 2.58. The number of hydrogen-bond donors (Lipinski definition) is 2. The maximum Gasteiger partial charge on any atom is 0.203 e. The van der Waals surface area contributed by atoms with E-state index >= 15 is 0 Å². The van der Waals surface area contributed by atoms with Crippen LogP contribution in [0.3, 0.4) is 0 Å². The van der Waals surface area contributed by atoms with Crippen molar-refractivity contribution in [1.29, 1.82) is 0 Å². The predicted octanol–water partition coefficient (Wildman–Crippen LogP) is 0.210. The number of nitrogens with two attached hydrogens (primary N) is 1. The molecule has 0 aromatic heterocycles. The van der Waals surface area contributed by atoms with Gasteiger partial charge in [0.15, 0.2) is 0 Å². The van der Waals surface area contributed by atoms with Gasteiger partial charge in [-0.3, -0.25) is 0 Å². The molecule has 0 amide bonds. The molecule has 0 aliphatic heterocycles. The fraction of sp³-hybridized carbons (Fsp3) is 1.00. The summed E-state index contributed by atoms with van der Waals surface area (Å²) in [7, 11) is 0.630. The number of hydrogen-bond acceptors (Lipinski definition) is 3. The first-order valence-electron chi connectivity index (χ1n) is 4.07. The number of nitrogens with zero attached hydrogens (tertiary/aromatic N) is 1. The zero-order chi connectivity index (χ0) is 9.98. The van der Waals surface area contributed by atoms with Crippen molar-refractivity contribution < 1.29 is 8.42 Å². The fourth-order valence-corrected chi connectivity index (χ4v) is 0.394. The van der Waals surface area contributed by atoms with E-state index in [1.54, 1.807) is 0 Å². The smallest absolute Gasteiger partial charge is 0.203 e. The summed E-state index contributed by atoms with van der Waals surface area (Å²) in [4.78, 5) is 0.